The summed E-state index contributed by atoms with van der Waals surface area (Å²) in [5.74, 6) is -0.886. The van der Waals surface area contributed by atoms with Crippen molar-refractivity contribution in [3.05, 3.63) is 222 Å². The summed E-state index contributed by atoms with van der Waals surface area (Å²) < 4.78 is 92.8. The lowest BCUT2D eigenvalue weighted by atomic mass is 9.77. The second-order valence-electron chi connectivity index (χ2n) is 25.7. The van der Waals surface area contributed by atoms with E-state index in [9.17, 15) is 9.18 Å². The van der Waals surface area contributed by atoms with Crippen LogP contribution in [0.3, 0.4) is 0 Å². The van der Waals surface area contributed by atoms with Crippen molar-refractivity contribution in [3.63, 3.8) is 0 Å². The van der Waals surface area contributed by atoms with Gasteiger partial charge in [-0.3, -0.25) is 4.79 Å². The van der Waals surface area contributed by atoms with Crippen molar-refractivity contribution in [1.82, 2.24) is 0 Å². The number of hydrogen-bond donors (Lipinski definition) is 0. The smallest absolute Gasteiger partial charge is 0.311 e. The predicted molar refractivity (Wildman–Crippen MR) is 340 cm³/mol. The summed E-state index contributed by atoms with van der Waals surface area (Å²) in [6, 6.07) is 57.9. The van der Waals surface area contributed by atoms with Crippen LogP contribution in [0.25, 0.3) is 11.1 Å². The van der Waals surface area contributed by atoms with Crippen LogP contribution in [0.15, 0.2) is 188 Å². The quantitative estimate of drug-likeness (QED) is 0.0329. The molecule has 2 aliphatic rings. The van der Waals surface area contributed by atoms with Crippen molar-refractivity contribution in [1.29, 1.82) is 0 Å². The van der Waals surface area contributed by atoms with Gasteiger partial charge in [0.05, 0.1) is 44.0 Å². The largest absolute Gasteiger partial charge is 0.544 e. The third kappa shape index (κ3) is 15.7. The van der Waals surface area contributed by atoms with Gasteiger partial charge < -0.3 is 36.9 Å². The topological polar surface area (TPSA) is 119 Å². The highest BCUT2D eigenvalue weighted by molar-refractivity contribution is 7.87. The van der Waals surface area contributed by atoms with E-state index >= 15 is 8.42 Å². The van der Waals surface area contributed by atoms with Crippen molar-refractivity contribution in [3.8, 4) is 22.6 Å². The number of rotatable bonds is 24. The van der Waals surface area contributed by atoms with Crippen LogP contribution in [-0.2, 0) is 58.1 Å². The minimum atomic E-state index is -4.60. The van der Waals surface area contributed by atoms with E-state index in [2.05, 4.69) is 67.7 Å². The van der Waals surface area contributed by atoms with E-state index in [1.807, 2.05) is 165 Å². The van der Waals surface area contributed by atoms with E-state index in [1.165, 1.54) is 12.1 Å². The number of benzene rings is 7. The first-order chi connectivity index (χ1) is 40.4. The highest BCUT2D eigenvalue weighted by Gasteiger charge is 2.52. The number of hydrogen-bond acceptors (Lipinski definition) is 10. The Labute approximate surface area is 506 Å². The third-order valence-corrected chi connectivity index (χ3v) is 27.5. The number of amides is 1. The molecule has 0 spiro atoms. The summed E-state index contributed by atoms with van der Waals surface area (Å²) in [7, 11) is -9.17. The molecule has 15 heteroatoms. The van der Waals surface area contributed by atoms with E-state index < -0.39 is 81.1 Å². The first-order valence-electron chi connectivity index (χ1n) is 29.7. The zero-order valence-corrected chi connectivity index (χ0v) is 53.9. The maximum absolute atomic E-state index is 15.4. The summed E-state index contributed by atoms with van der Waals surface area (Å²) in [6.45, 7) is 24.4. The Morgan fingerprint density at radius 3 is 1.62 bits per heavy atom. The number of carbonyl (C=O) groups excluding carboxylic acids is 1. The first kappa shape index (κ1) is 63.2. The van der Waals surface area contributed by atoms with Gasteiger partial charge in [0.15, 0.2) is 8.32 Å². The summed E-state index contributed by atoms with van der Waals surface area (Å²) in [5.41, 5.74) is 6.25. The fourth-order valence-electron chi connectivity index (χ4n) is 10.6. The molecule has 0 N–H and O–H groups in total. The summed E-state index contributed by atoms with van der Waals surface area (Å²) in [4.78, 5) is 16.6. The van der Waals surface area contributed by atoms with Crippen LogP contribution in [0, 0.1) is 11.7 Å². The number of nitrogens with zero attached hydrogens (tertiary/aromatic N) is 1. The number of ether oxygens (including phenoxy) is 4. The lowest BCUT2D eigenvalue weighted by Gasteiger charge is -2.48. The second-order valence-corrected chi connectivity index (χ2v) is 36.8. The van der Waals surface area contributed by atoms with Gasteiger partial charge in [-0.25, -0.2) is 4.39 Å². The van der Waals surface area contributed by atoms with Gasteiger partial charge in [-0.15, -0.1) is 0 Å². The molecule has 450 valence electrons. The molecule has 2 unspecified atom stereocenters. The number of carbonyl (C=O) groups is 1. The fraction of sp³-hybridized carbons (Fsp3) is 0.386. The molecule has 9 rings (SSSR count). The first-order valence-corrected chi connectivity index (χ1v) is 37.0. The molecule has 7 aromatic rings. The average Bonchev–Trinajstić information content (AvgIpc) is 0.949. The molecule has 8 atom stereocenters. The Kier molecular flexibility index (Phi) is 19.9. The Bertz CT molecular complexity index is 3400. The SMILES string of the molecule is CC1O[C@@H](CS(=O)(=O)Oc2cc(-c3ccc(O[Si](C)(C)C(C)(C)C)cc3)ccc2[C@@H]2[C@@H](CC[C@H](O[Si](C)(C)C(C)(C)C)c3ccc(F)cc3)C(=O)N2c2ccccc2)C(OCc2ccccc2)[C@H](OCc2ccccc2)[C@H]1OCc1ccccc1. The second kappa shape index (κ2) is 26.8. The molecule has 0 aromatic heterocycles. The molecule has 0 bridgehead atoms. The standard InChI is InChI=1S/C70H84FNO10SSi2/c1-49-65(76-45-50-24-16-12-17-25-50)67(78-47-52-28-20-14-21-29-52)66(77-46-51-26-18-13-19-27-51)63(79-49)48-83(74,75)80-62-44-55(53-34-39-58(40-35-53)81-84(8,9)69(2,3)4)36-41-59(62)64-60(68(73)72(64)57-30-22-15-23-31-57)42-43-61(54-32-37-56(71)38-33-54)82-85(10,11)70(5,6)7/h12-41,44,49,60-61,63-67H,42-43,45-48H2,1-11H3/t49?,60-,61+,63+,64-,65+,66?,67-/m1/s1. The summed E-state index contributed by atoms with van der Waals surface area (Å²) in [5, 5.41) is -0.152. The molecule has 2 saturated heterocycles. The monoisotopic (exact) mass is 1210 g/mol. The van der Waals surface area contributed by atoms with Crippen LogP contribution in [0.2, 0.25) is 36.3 Å². The van der Waals surface area contributed by atoms with E-state index in [1.54, 1.807) is 23.1 Å². The maximum atomic E-state index is 15.4. The fourth-order valence-corrected chi connectivity index (χ4v) is 14.1. The van der Waals surface area contributed by atoms with E-state index in [0.29, 0.717) is 29.7 Å². The number of halogens is 1. The van der Waals surface area contributed by atoms with Crippen molar-refractivity contribution < 1.29 is 49.6 Å². The van der Waals surface area contributed by atoms with Crippen molar-refractivity contribution in [2.75, 3.05) is 10.7 Å². The molecule has 2 fully saturated rings. The van der Waals surface area contributed by atoms with Crippen molar-refractivity contribution >= 4 is 38.3 Å². The molecular weight excluding hydrogens is 1120 g/mol. The lowest BCUT2D eigenvalue weighted by Crippen LogP contribution is -2.61. The van der Waals surface area contributed by atoms with Crippen LogP contribution in [0.4, 0.5) is 10.1 Å². The molecule has 1 amide bonds. The molecule has 0 aliphatic carbocycles. The van der Waals surface area contributed by atoms with E-state index in [-0.39, 0.29) is 47.4 Å². The minimum absolute atomic E-state index is 0.0179. The average molecular weight is 1210 g/mol. The maximum Gasteiger partial charge on any atom is 0.311 e. The summed E-state index contributed by atoms with van der Waals surface area (Å²) in [6.07, 6.45) is -3.79. The predicted octanol–water partition coefficient (Wildman–Crippen LogP) is 16.4. The van der Waals surface area contributed by atoms with Gasteiger partial charge in [0.1, 0.15) is 47.5 Å². The van der Waals surface area contributed by atoms with Crippen molar-refractivity contribution in [2.24, 2.45) is 5.92 Å². The van der Waals surface area contributed by atoms with Crippen LogP contribution >= 0.6 is 0 Å². The van der Waals surface area contributed by atoms with Gasteiger partial charge in [0.2, 0.25) is 14.2 Å². The molecule has 85 heavy (non-hydrogen) atoms. The van der Waals surface area contributed by atoms with Gasteiger partial charge in [-0.2, -0.15) is 8.42 Å². The molecule has 0 saturated carbocycles. The van der Waals surface area contributed by atoms with Gasteiger partial charge in [0, 0.05) is 11.3 Å². The molecule has 0 radical (unpaired) electrons. The third-order valence-electron chi connectivity index (χ3n) is 17.5. The Morgan fingerprint density at radius 1 is 0.600 bits per heavy atom. The molecule has 7 aromatic carbocycles. The molecule has 2 aliphatic heterocycles. The summed E-state index contributed by atoms with van der Waals surface area (Å²) >= 11 is 0. The van der Waals surface area contributed by atoms with Crippen molar-refractivity contribution in [2.45, 2.75) is 160 Å². The van der Waals surface area contributed by atoms with Crippen LogP contribution < -0.4 is 13.5 Å². The van der Waals surface area contributed by atoms with Crippen LogP contribution in [0.5, 0.6) is 11.5 Å². The molecule has 2 heterocycles. The minimum Gasteiger partial charge on any atom is -0.544 e. The molecular formula is C70H84FNO10SSi2. The highest BCUT2D eigenvalue weighted by Crippen LogP contribution is 2.51. The Morgan fingerprint density at radius 2 is 1.09 bits per heavy atom. The van der Waals surface area contributed by atoms with E-state index in [4.69, 9.17) is 32.0 Å². The Hall–Kier alpha value is -6.28. The number of para-hydroxylation sites is 1. The van der Waals surface area contributed by atoms with E-state index in [0.717, 1.165) is 33.6 Å². The highest BCUT2D eigenvalue weighted by atomic mass is 32.2. The van der Waals surface area contributed by atoms with Crippen LogP contribution in [-0.4, -0.2) is 67.2 Å². The zero-order valence-electron chi connectivity index (χ0n) is 51.1. The molecule has 11 nitrogen and oxygen atoms in total. The normalized spacial score (nSPS) is 20.8. The zero-order chi connectivity index (χ0) is 60.7. The number of β-lactam (4-membered cyclic amide) rings is 1. The Balaban J connectivity index is 1.10. The van der Waals surface area contributed by atoms with Gasteiger partial charge in [0.25, 0.3) is 0 Å². The van der Waals surface area contributed by atoms with Gasteiger partial charge in [-0.1, -0.05) is 187 Å². The number of anilines is 1. The lowest BCUT2D eigenvalue weighted by molar-refractivity contribution is -0.256. The van der Waals surface area contributed by atoms with Gasteiger partial charge >= 0.3 is 10.1 Å². The van der Waals surface area contributed by atoms with Crippen LogP contribution in [0.1, 0.15) is 101 Å². The van der Waals surface area contributed by atoms with Gasteiger partial charge in [-0.05, 0) is 132 Å².